The fourth-order valence-electron chi connectivity index (χ4n) is 1.29. The molecule has 0 atom stereocenters. The Morgan fingerprint density at radius 1 is 1.39 bits per heavy atom. The lowest BCUT2D eigenvalue weighted by Crippen LogP contribution is -2.32. The number of hydrogen-bond donors (Lipinski definition) is 1. The Morgan fingerprint density at radius 2 is 2.06 bits per heavy atom. The van der Waals surface area contributed by atoms with Crippen LogP contribution in [-0.2, 0) is 0 Å². The van der Waals surface area contributed by atoms with Crippen LogP contribution in [0.4, 0.5) is 29.3 Å². The third kappa shape index (κ3) is 4.34. The molecule has 0 saturated heterocycles. The van der Waals surface area contributed by atoms with Gasteiger partial charge in [0.2, 0.25) is 5.95 Å². The predicted molar refractivity (Wildman–Crippen MR) is 60.1 cm³/mol. The Morgan fingerprint density at radius 3 is 2.61 bits per heavy atom. The number of nitrogens with one attached hydrogen (secondary N) is 1. The van der Waals surface area contributed by atoms with Crippen molar-refractivity contribution in [3.63, 3.8) is 0 Å². The van der Waals surface area contributed by atoms with E-state index in [9.17, 15) is 17.6 Å². The van der Waals surface area contributed by atoms with Crippen molar-refractivity contribution in [3.8, 4) is 0 Å². The first-order chi connectivity index (χ1) is 8.33. The van der Waals surface area contributed by atoms with Gasteiger partial charge in [0.1, 0.15) is 6.54 Å². The smallest absolute Gasteiger partial charge is 0.354 e. The largest absolute Gasteiger partial charge is 0.405 e. The Labute approximate surface area is 102 Å². The molecule has 1 aromatic heterocycles. The molecular weight excluding hydrogens is 252 g/mol. The van der Waals surface area contributed by atoms with E-state index in [1.54, 1.807) is 0 Å². The van der Waals surface area contributed by atoms with Gasteiger partial charge in [0.25, 0.3) is 0 Å². The monoisotopic (exact) mass is 266 g/mol. The molecule has 0 aliphatic heterocycles. The standard InChI is InChI=1S/C10H14F4N4/c1-3-4-15-9-16-5-7(11)8(17-9)18(2)6-10(12,13)14/h5H,3-4,6H2,1-2H3,(H,15,16,17). The Hall–Kier alpha value is -1.60. The molecule has 1 rings (SSSR count). The number of nitrogens with zero attached hydrogens (tertiary/aromatic N) is 3. The molecule has 18 heavy (non-hydrogen) atoms. The van der Waals surface area contributed by atoms with Crippen LogP contribution in [0.25, 0.3) is 0 Å². The summed E-state index contributed by atoms with van der Waals surface area (Å²) < 4.78 is 50.0. The predicted octanol–water partition coefficient (Wildman–Crippen LogP) is 2.44. The van der Waals surface area contributed by atoms with Gasteiger partial charge in [-0.3, -0.25) is 0 Å². The summed E-state index contributed by atoms with van der Waals surface area (Å²) in [5.41, 5.74) is 0. The topological polar surface area (TPSA) is 41.1 Å². The molecule has 0 fully saturated rings. The maximum Gasteiger partial charge on any atom is 0.405 e. The first-order valence-corrected chi connectivity index (χ1v) is 5.37. The van der Waals surface area contributed by atoms with E-state index in [4.69, 9.17) is 0 Å². The van der Waals surface area contributed by atoms with Gasteiger partial charge in [0.05, 0.1) is 6.20 Å². The normalized spacial score (nSPS) is 11.4. The molecule has 0 spiro atoms. The molecule has 1 N–H and O–H groups in total. The van der Waals surface area contributed by atoms with Gasteiger partial charge < -0.3 is 10.2 Å². The van der Waals surface area contributed by atoms with Crippen molar-refractivity contribution < 1.29 is 17.6 Å². The second-order valence-electron chi connectivity index (χ2n) is 3.76. The fraction of sp³-hybridized carbons (Fsp3) is 0.600. The first kappa shape index (κ1) is 14.5. The second-order valence-corrected chi connectivity index (χ2v) is 3.76. The van der Waals surface area contributed by atoms with Gasteiger partial charge in [-0.15, -0.1) is 0 Å². The molecule has 1 heterocycles. The molecule has 0 radical (unpaired) electrons. The van der Waals surface area contributed by atoms with Crippen LogP contribution >= 0.6 is 0 Å². The third-order valence-electron chi connectivity index (χ3n) is 2.04. The summed E-state index contributed by atoms with van der Waals surface area (Å²) in [7, 11) is 1.13. The van der Waals surface area contributed by atoms with Crippen LogP contribution in [0.15, 0.2) is 6.20 Å². The summed E-state index contributed by atoms with van der Waals surface area (Å²) in [4.78, 5) is 8.08. The Kier molecular flexibility index (Phi) is 4.69. The van der Waals surface area contributed by atoms with Gasteiger partial charge in [0, 0.05) is 13.6 Å². The number of anilines is 2. The highest BCUT2D eigenvalue weighted by molar-refractivity contribution is 5.43. The van der Waals surface area contributed by atoms with Gasteiger partial charge in [-0.05, 0) is 6.42 Å². The lowest BCUT2D eigenvalue weighted by Gasteiger charge is -2.20. The van der Waals surface area contributed by atoms with E-state index in [-0.39, 0.29) is 11.8 Å². The van der Waals surface area contributed by atoms with Crippen LogP contribution in [0.2, 0.25) is 0 Å². The highest BCUT2D eigenvalue weighted by atomic mass is 19.4. The molecule has 0 saturated carbocycles. The lowest BCUT2D eigenvalue weighted by molar-refractivity contribution is -0.119. The van der Waals surface area contributed by atoms with E-state index in [1.807, 2.05) is 6.92 Å². The molecule has 0 bridgehead atoms. The van der Waals surface area contributed by atoms with E-state index >= 15 is 0 Å². The van der Waals surface area contributed by atoms with E-state index < -0.39 is 18.5 Å². The van der Waals surface area contributed by atoms with Gasteiger partial charge in [-0.2, -0.15) is 18.2 Å². The molecule has 4 nitrogen and oxygen atoms in total. The number of halogens is 4. The zero-order chi connectivity index (χ0) is 13.8. The van der Waals surface area contributed by atoms with Crippen LogP contribution < -0.4 is 10.2 Å². The average molecular weight is 266 g/mol. The Bertz CT molecular complexity index is 394. The quantitative estimate of drug-likeness (QED) is 0.831. The van der Waals surface area contributed by atoms with E-state index in [0.29, 0.717) is 11.4 Å². The van der Waals surface area contributed by atoms with E-state index in [0.717, 1.165) is 19.7 Å². The zero-order valence-corrected chi connectivity index (χ0v) is 10.1. The van der Waals surface area contributed by atoms with Crippen molar-refractivity contribution in [1.82, 2.24) is 9.97 Å². The number of hydrogen-bond acceptors (Lipinski definition) is 4. The summed E-state index contributed by atoms with van der Waals surface area (Å²) in [6, 6.07) is 0. The fourth-order valence-corrected chi connectivity index (χ4v) is 1.29. The minimum Gasteiger partial charge on any atom is -0.354 e. The van der Waals surface area contributed by atoms with E-state index in [2.05, 4.69) is 15.3 Å². The summed E-state index contributed by atoms with van der Waals surface area (Å²) in [5, 5.41) is 2.78. The van der Waals surface area contributed by atoms with Gasteiger partial charge in [-0.25, -0.2) is 9.37 Å². The maximum atomic E-state index is 13.4. The van der Waals surface area contributed by atoms with Gasteiger partial charge in [-0.1, -0.05) is 6.92 Å². The van der Waals surface area contributed by atoms with Crippen LogP contribution in [0.5, 0.6) is 0 Å². The third-order valence-corrected chi connectivity index (χ3v) is 2.04. The summed E-state index contributed by atoms with van der Waals surface area (Å²) in [5.74, 6) is -1.15. The minimum absolute atomic E-state index is 0.113. The Balaban J connectivity index is 2.86. The first-order valence-electron chi connectivity index (χ1n) is 5.37. The second kappa shape index (κ2) is 5.83. The molecule has 0 aliphatic carbocycles. The molecule has 102 valence electrons. The van der Waals surface area contributed by atoms with Crippen LogP contribution in [0, 0.1) is 5.82 Å². The van der Waals surface area contributed by atoms with E-state index in [1.165, 1.54) is 0 Å². The van der Waals surface area contributed by atoms with Crippen molar-refractivity contribution in [3.05, 3.63) is 12.0 Å². The van der Waals surface area contributed by atoms with Gasteiger partial charge >= 0.3 is 6.18 Å². The van der Waals surface area contributed by atoms with Crippen LogP contribution in [0.3, 0.4) is 0 Å². The highest BCUT2D eigenvalue weighted by Gasteiger charge is 2.30. The molecule has 0 aromatic carbocycles. The minimum atomic E-state index is -4.41. The maximum absolute atomic E-state index is 13.4. The van der Waals surface area contributed by atoms with Gasteiger partial charge in [0.15, 0.2) is 11.6 Å². The molecule has 0 unspecified atom stereocenters. The molecule has 8 heteroatoms. The van der Waals surface area contributed by atoms with Crippen molar-refractivity contribution in [2.24, 2.45) is 0 Å². The zero-order valence-electron chi connectivity index (χ0n) is 10.1. The number of aromatic nitrogens is 2. The molecule has 0 aliphatic rings. The number of alkyl halides is 3. The van der Waals surface area contributed by atoms with Crippen LogP contribution in [-0.4, -0.2) is 36.3 Å². The summed E-state index contributed by atoms with van der Waals surface area (Å²) in [6.45, 7) is 1.20. The summed E-state index contributed by atoms with van der Waals surface area (Å²) in [6.07, 6.45) is -2.76. The molecule has 0 amide bonds. The van der Waals surface area contributed by atoms with Crippen molar-refractivity contribution in [2.45, 2.75) is 19.5 Å². The SMILES string of the molecule is CCCNc1ncc(F)c(N(C)CC(F)(F)F)n1. The number of rotatable bonds is 5. The summed E-state index contributed by atoms with van der Waals surface area (Å²) >= 11 is 0. The average Bonchev–Trinajstić information content (AvgIpc) is 2.25. The van der Waals surface area contributed by atoms with Crippen molar-refractivity contribution in [2.75, 3.05) is 30.4 Å². The molecule has 1 aromatic rings. The highest BCUT2D eigenvalue weighted by Crippen LogP contribution is 2.21. The van der Waals surface area contributed by atoms with Crippen molar-refractivity contribution in [1.29, 1.82) is 0 Å². The van der Waals surface area contributed by atoms with Crippen molar-refractivity contribution >= 4 is 11.8 Å². The molecular formula is C10H14F4N4. The van der Waals surface area contributed by atoms with Crippen LogP contribution in [0.1, 0.15) is 13.3 Å². The lowest BCUT2D eigenvalue weighted by atomic mass is 10.4.